The zero-order chi connectivity index (χ0) is 15.4. The van der Waals surface area contributed by atoms with E-state index in [4.69, 9.17) is 5.26 Å². The summed E-state index contributed by atoms with van der Waals surface area (Å²) in [5, 5.41) is 19.6. The van der Waals surface area contributed by atoms with E-state index in [0.717, 1.165) is 0 Å². The van der Waals surface area contributed by atoms with Gasteiger partial charge in [0, 0.05) is 18.7 Å². The van der Waals surface area contributed by atoms with Crippen LogP contribution in [0.2, 0.25) is 0 Å². The Morgan fingerprint density at radius 3 is 2.48 bits per heavy atom. The number of hydrogen-bond donors (Lipinski definition) is 0. The van der Waals surface area contributed by atoms with Crippen LogP contribution in [0.25, 0.3) is 11.3 Å². The molecule has 0 spiro atoms. The van der Waals surface area contributed by atoms with Crippen molar-refractivity contribution in [2.75, 3.05) is 0 Å². The van der Waals surface area contributed by atoms with Gasteiger partial charge in [-0.1, -0.05) is 6.08 Å². The van der Waals surface area contributed by atoms with E-state index in [9.17, 15) is 14.9 Å². The first-order valence-electron chi connectivity index (χ1n) is 6.08. The number of nitrogens with zero attached hydrogens (tertiary/aromatic N) is 3. The standard InChI is InChI=1S/C15H11N3O3/c1-2-9-17-14(8-5-12(10-16)15(17)19)11-3-6-13(7-4-11)18(20)21/h2-8H,1,9H2. The predicted molar refractivity (Wildman–Crippen MR) is 77.7 cm³/mol. The normalized spacial score (nSPS) is 9.86. The zero-order valence-corrected chi connectivity index (χ0v) is 11.0. The highest BCUT2D eigenvalue weighted by Crippen LogP contribution is 2.21. The van der Waals surface area contributed by atoms with Crippen LogP contribution in [-0.2, 0) is 6.54 Å². The lowest BCUT2D eigenvalue weighted by molar-refractivity contribution is -0.384. The summed E-state index contributed by atoms with van der Waals surface area (Å²) in [6.45, 7) is 3.84. The van der Waals surface area contributed by atoms with Crippen LogP contribution in [0.5, 0.6) is 0 Å². The maximum Gasteiger partial charge on any atom is 0.269 e. The molecule has 0 aliphatic rings. The molecule has 0 unspecified atom stereocenters. The third-order valence-electron chi connectivity index (χ3n) is 2.98. The number of allylic oxidation sites excluding steroid dienone is 1. The maximum atomic E-state index is 12.1. The molecule has 0 saturated carbocycles. The largest absolute Gasteiger partial charge is 0.303 e. The first kappa shape index (κ1) is 14.2. The molecule has 0 fully saturated rings. The molecule has 1 aromatic carbocycles. The number of nitro benzene ring substituents is 1. The van der Waals surface area contributed by atoms with Crippen molar-refractivity contribution >= 4 is 5.69 Å². The van der Waals surface area contributed by atoms with Gasteiger partial charge in [0.2, 0.25) is 0 Å². The summed E-state index contributed by atoms with van der Waals surface area (Å²) in [6.07, 6.45) is 1.55. The number of aromatic nitrogens is 1. The van der Waals surface area contributed by atoms with Crippen LogP contribution in [0.4, 0.5) is 5.69 Å². The van der Waals surface area contributed by atoms with E-state index in [2.05, 4.69) is 6.58 Å². The Morgan fingerprint density at radius 2 is 1.95 bits per heavy atom. The van der Waals surface area contributed by atoms with Crippen LogP contribution < -0.4 is 5.56 Å². The molecule has 0 saturated heterocycles. The van der Waals surface area contributed by atoms with Gasteiger partial charge in [0.15, 0.2) is 0 Å². The minimum absolute atomic E-state index is 0.0231. The average molecular weight is 281 g/mol. The van der Waals surface area contributed by atoms with E-state index in [0.29, 0.717) is 11.3 Å². The summed E-state index contributed by atoms with van der Waals surface area (Å²) < 4.78 is 1.41. The fourth-order valence-electron chi connectivity index (χ4n) is 1.98. The van der Waals surface area contributed by atoms with Gasteiger partial charge in [0.25, 0.3) is 11.2 Å². The minimum Gasteiger partial charge on any atom is -0.303 e. The van der Waals surface area contributed by atoms with E-state index in [1.165, 1.54) is 22.8 Å². The lowest BCUT2D eigenvalue weighted by atomic mass is 10.1. The molecule has 6 heteroatoms. The lowest BCUT2D eigenvalue weighted by Crippen LogP contribution is -2.23. The van der Waals surface area contributed by atoms with E-state index in [1.807, 2.05) is 6.07 Å². The third-order valence-corrected chi connectivity index (χ3v) is 2.98. The van der Waals surface area contributed by atoms with Crippen molar-refractivity contribution in [2.45, 2.75) is 6.54 Å². The summed E-state index contributed by atoms with van der Waals surface area (Å²) in [6, 6.07) is 10.8. The first-order valence-corrected chi connectivity index (χ1v) is 6.08. The molecule has 0 atom stereocenters. The van der Waals surface area contributed by atoms with Gasteiger partial charge >= 0.3 is 0 Å². The number of non-ortho nitro benzene ring substituents is 1. The second-order valence-corrected chi connectivity index (χ2v) is 4.25. The highest BCUT2D eigenvalue weighted by atomic mass is 16.6. The Bertz CT molecular complexity index is 798. The Labute approximate surface area is 120 Å². The van der Waals surface area contributed by atoms with Crippen LogP contribution >= 0.6 is 0 Å². The van der Waals surface area contributed by atoms with E-state index in [-0.39, 0.29) is 17.8 Å². The molecule has 0 radical (unpaired) electrons. The van der Waals surface area contributed by atoms with Crippen molar-refractivity contribution < 1.29 is 4.92 Å². The van der Waals surface area contributed by atoms with E-state index < -0.39 is 10.5 Å². The SMILES string of the molecule is C=CCn1c(-c2ccc([N+](=O)[O-])cc2)ccc(C#N)c1=O. The average Bonchev–Trinajstić information content (AvgIpc) is 2.49. The fraction of sp³-hybridized carbons (Fsp3) is 0.0667. The molecule has 2 rings (SSSR count). The summed E-state index contributed by atoms with van der Waals surface area (Å²) in [4.78, 5) is 22.3. The van der Waals surface area contributed by atoms with Crippen molar-refractivity contribution in [2.24, 2.45) is 0 Å². The molecule has 0 bridgehead atoms. The van der Waals surface area contributed by atoms with Crippen LogP contribution in [0.1, 0.15) is 5.56 Å². The van der Waals surface area contributed by atoms with Crippen LogP contribution in [0.15, 0.2) is 53.8 Å². The summed E-state index contributed by atoms with van der Waals surface area (Å²) in [5.41, 5.74) is 0.846. The fourth-order valence-corrected chi connectivity index (χ4v) is 1.98. The molecule has 0 N–H and O–H groups in total. The molecule has 0 aliphatic heterocycles. The molecule has 1 heterocycles. The molecule has 0 aliphatic carbocycles. The van der Waals surface area contributed by atoms with E-state index in [1.54, 1.807) is 24.3 Å². The highest BCUT2D eigenvalue weighted by molar-refractivity contribution is 5.62. The lowest BCUT2D eigenvalue weighted by Gasteiger charge is -2.11. The zero-order valence-electron chi connectivity index (χ0n) is 11.0. The third kappa shape index (κ3) is 2.72. The predicted octanol–water partition coefficient (Wildman–Crippen LogP) is 2.48. The van der Waals surface area contributed by atoms with Crippen molar-refractivity contribution in [3.8, 4) is 17.3 Å². The Morgan fingerprint density at radius 1 is 1.29 bits per heavy atom. The summed E-state index contributed by atoms with van der Waals surface area (Å²) >= 11 is 0. The van der Waals surface area contributed by atoms with Gasteiger partial charge in [-0.15, -0.1) is 6.58 Å². The number of hydrogen-bond acceptors (Lipinski definition) is 4. The second kappa shape index (κ2) is 5.84. The quantitative estimate of drug-likeness (QED) is 0.489. The minimum atomic E-state index is -0.487. The monoisotopic (exact) mass is 281 g/mol. The van der Waals surface area contributed by atoms with Gasteiger partial charge in [-0.3, -0.25) is 14.9 Å². The van der Waals surface area contributed by atoms with Crippen molar-refractivity contribution in [3.05, 3.63) is 75.1 Å². The summed E-state index contributed by atoms with van der Waals surface area (Å²) in [7, 11) is 0. The van der Waals surface area contributed by atoms with Gasteiger partial charge in [0.05, 0.1) is 10.6 Å². The van der Waals surface area contributed by atoms with E-state index >= 15 is 0 Å². The molecular weight excluding hydrogens is 270 g/mol. The Balaban J connectivity index is 2.60. The van der Waals surface area contributed by atoms with Crippen molar-refractivity contribution in [1.82, 2.24) is 4.57 Å². The number of pyridine rings is 1. The second-order valence-electron chi connectivity index (χ2n) is 4.25. The van der Waals surface area contributed by atoms with Crippen LogP contribution in [-0.4, -0.2) is 9.49 Å². The highest BCUT2D eigenvalue weighted by Gasteiger charge is 2.11. The molecule has 6 nitrogen and oxygen atoms in total. The Kier molecular flexibility index (Phi) is 3.95. The van der Waals surface area contributed by atoms with Crippen LogP contribution in [0.3, 0.4) is 0 Å². The smallest absolute Gasteiger partial charge is 0.269 e. The Hall–Kier alpha value is -3.20. The van der Waals surface area contributed by atoms with Gasteiger partial charge in [-0.2, -0.15) is 5.26 Å². The van der Waals surface area contributed by atoms with Gasteiger partial charge in [-0.25, -0.2) is 0 Å². The topological polar surface area (TPSA) is 88.9 Å². The van der Waals surface area contributed by atoms with Gasteiger partial charge in [0.1, 0.15) is 11.6 Å². The van der Waals surface area contributed by atoms with Crippen molar-refractivity contribution in [3.63, 3.8) is 0 Å². The number of nitriles is 1. The number of rotatable bonds is 4. The number of benzene rings is 1. The molecular formula is C15H11N3O3. The van der Waals surface area contributed by atoms with Crippen LogP contribution in [0, 0.1) is 21.4 Å². The molecule has 0 amide bonds. The van der Waals surface area contributed by atoms with Gasteiger partial charge in [-0.05, 0) is 29.8 Å². The van der Waals surface area contributed by atoms with Gasteiger partial charge < -0.3 is 4.57 Å². The molecule has 104 valence electrons. The molecule has 2 aromatic rings. The molecule has 1 aromatic heterocycles. The number of nitro groups is 1. The molecule has 21 heavy (non-hydrogen) atoms. The maximum absolute atomic E-state index is 12.1. The first-order chi connectivity index (χ1) is 10.1. The van der Waals surface area contributed by atoms with Crippen molar-refractivity contribution in [1.29, 1.82) is 5.26 Å². The summed E-state index contributed by atoms with van der Waals surface area (Å²) in [5.74, 6) is 0.